The Kier molecular flexibility index (Phi) is 7.38. The van der Waals surface area contributed by atoms with Gasteiger partial charge in [0.05, 0.1) is 7.11 Å². The molecular formula is C22H27F2NO3. The van der Waals surface area contributed by atoms with Crippen LogP contribution in [0.25, 0.3) is 0 Å². The number of hydrogen-bond donors (Lipinski definition) is 1. The predicted molar refractivity (Wildman–Crippen MR) is 105 cm³/mol. The Bertz CT molecular complexity index is 783. The summed E-state index contributed by atoms with van der Waals surface area (Å²) in [6.45, 7) is 3.86. The summed E-state index contributed by atoms with van der Waals surface area (Å²) in [6, 6.07) is 12.9. The summed E-state index contributed by atoms with van der Waals surface area (Å²) in [5.74, 6) is 0.0871. The number of carbonyl (C=O) groups excluding carboxylic acids is 1. The van der Waals surface area contributed by atoms with Gasteiger partial charge in [0, 0.05) is 13.0 Å². The SMILES string of the molecule is COc1cc(CNC(=O)CCc2ccc(C(C)(C)C)cc2)ccc1OC(F)F. The molecule has 1 N–H and O–H groups in total. The number of ether oxygens (including phenoxy) is 2. The Morgan fingerprint density at radius 2 is 1.68 bits per heavy atom. The van der Waals surface area contributed by atoms with Crippen molar-refractivity contribution in [1.29, 1.82) is 0 Å². The van der Waals surface area contributed by atoms with Crippen LogP contribution < -0.4 is 14.8 Å². The number of aryl methyl sites for hydroxylation is 1. The minimum Gasteiger partial charge on any atom is -0.493 e. The summed E-state index contributed by atoms with van der Waals surface area (Å²) in [7, 11) is 1.38. The zero-order chi connectivity index (χ0) is 20.7. The first kappa shape index (κ1) is 21.7. The highest BCUT2D eigenvalue weighted by molar-refractivity contribution is 5.76. The second-order valence-electron chi connectivity index (χ2n) is 7.59. The molecule has 0 aliphatic heterocycles. The van der Waals surface area contributed by atoms with E-state index < -0.39 is 6.61 Å². The molecule has 0 bridgehead atoms. The second-order valence-corrected chi connectivity index (χ2v) is 7.59. The van der Waals surface area contributed by atoms with Crippen LogP contribution in [0, 0.1) is 0 Å². The van der Waals surface area contributed by atoms with Crippen molar-refractivity contribution in [3.8, 4) is 11.5 Å². The lowest BCUT2D eigenvalue weighted by molar-refractivity contribution is -0.121. The van der Waals surface area contributed by atoms with Gasteiger partial charge in [0.25, 0.3) is 0 Å². The maximum atomic E-state index is 12.4. The van der Waals surface area contributed by atoms with E-state index >= 15 is 0 Å². The molecule has 4 nitrogen and oxygen atoms in total. The quantitative estimate of drug-likeness (QED) is 0.700. The molecule has 0 unspecified atom stereocenters. The predicted octanol–water partition coefficient (Wildman–Crippen LogP) is 4.84. The summed E-state index contributed by atoms with van der Waals surface area (Å²) in [5.41, 5.74) is 3.21. The first-order valence-electron chi connectivity index (χ1n) is 9.17. The zero-order valence-corrected chi connectivity index (χ0v) is 16.7. The lowest BCUT2D eigenvalue weighted by atomic mass is 9.86. The zero-order valence-electron chi connectivity index (χ0n) is 16.7. The highest BCUT2D eigenvalue weighted by Gasteiger charge is 2.13. The van der Waals surface area contributed by atoms with Gasteiger partial charge >= 0.3 is 6.61 Å². The molecule has 0 saturated carbocycles. The minimum absolute atomic E-state index is 0.0359. The van der Waals surface area contributed by atoms with Gasteiger partial charge in [-0.3, -0.25) is 4.79 Å². The summed E-state index contributed by atoms with van der Waals surface area (Å²) in [6.07, 6.45) is 1.03. The van der Waals surface area contributed by atoms with Crippen molar-refractivity contribution in [3.63, 3.8) is 0 Å². The second kappa shape index (κ2) is 9.53. The fraction of sp³-hybridized carbons (Fsp3) is 0.409. The lowest BCUT2D eigenvalue weighted by Gasteiger charge is -2.19. The van der Waals surface area contributed by atoms with E-state index in [0.717, 1.165) is 11.1 Å². The maximum Gasteiger partial charge on any atom is 0.387 e. The van der Waals surface area contributed by atoms with Crippen molar-refractivity contribution >= 4 is 5.91 Å². The molecule has 0 radical (unpaired) electrons. The summed E-state index contributed by atoms with van der Waals surface area (Å²) in [5, 5.41) is 2.83. The number of amides is 1. The molecule has 0 aliphatic carbocycles. The lowest BCUT2D eigenvalue weighted by Crippen LogP contribution is -2.23. The largest absolute Gasteiger partial charge is 0.493 e. The van der Waals surface area contributed by atoms with Crippen LogP contribution in [0.1, 0.15) is 43.9 Å². The van der Waals surface area contributed by atoms with Gasteiger partial charge in [0.15, 0.2) is 11.5 Å². The molecule has 6 heteroatoms. The topological polar surface area (TPSA) is 47.6 Å². The van der Waals surface area contributed by atoms with E-state index in [0.29, 0.717) is 12.8 Å². The van der Waals surface area contributed by atoms with Crippen LogP contribution in [-0.4, -0.2) is 19.6 Å². The summed E-state index contributed by atoms with van der Waals surface area (Å²) < 4.78 is 34.2. The van der Waals surface area contributed by atoms with Crippen molar-refractivity contribution in [2.45, 2.75) is 52.2 Å². The van der Waals surface area contributed by atoms with Crippen molar-refractivity contribution in [3.05, 3.63) is 59.2 Å². The number of methoxy groups -OCH3 is 1. The summed E-state index contributed by atoms with van der Waals surface area (Å²) >= 11 is 0. The van der Waals surface area contributed by atoms with E-state index in [1.54, 1.807) is 12.1 Å². The van der Waals surface area contributed by atoms with Crippen LogP contribution in [-0.2, 0) is 23.2 Å². The van der Waals surface area contributed by atoms with Crippen molar-refractivity contribution in [1.82, 2.24) is 5.32 Å². The van der Waals surface area contributed by atoms with Gasteiger partial charge in [-0.1, -0.05) is 51.1 Å². The Labute approximate surface area is 164 Å². The van der Waals surface area contributed by atoms with Crippen molar-refractivity contribution in [2.24, 2.45) is 0 Å². The van der Waals surface area contributed by atoms with Gasteiger partial charge < -0.3 is 14.8 Å². The number of benzene rings is 2. The number of carbonyl (C=O) groups is 1. The molecular weight excluding hydrogens is 364 g/mol. The van der Waals surface area contributed by atoms with Crippen LogP contribution >= 0.6 is 0 Å². The Hall–Kier alpha value is -2.63. The van der Waals surface area contributed by atoms with Crippen LogP contribution in [0.5, 0.6) is 11.5 Å². The molecule has 0 saturated heterocycles. The third-order valence-corrected chi connectivity index (χ3v) is 4.39. The molecule has 0 fully saturated rings. The maximum absolute atomic E-state index is 12.4. The molecule has 152 valence electrons. The van der Waals surface area contributed by atoms with Gasteiger partial charge in [0.1, 0.15) is 0 Å². The van der Waals surface area contributed by atoms with E-state index in [4.69, 9.17) is 4.74 Å². The van der Waals surface area contributed by atoms with Crippen LogP contribution in [0.4, 0.5) is 8.78 Å². The normalized spacial score (nSPS) is 11.4. The molecule has 0 atom stereocenters. The van der Waals surface area contributed by atoms with Crippen LogP contribution in [0.2, 0.25) is 0 Å². The summed E-state index contributed by atoms with van der Waals surface area (Å²) in [4.78, 5) is 12.1. The Balaban J connectivity index is 1.85. The molecule has 0 aliphatic rings. The number of alkyl halides is 2. The van der Waals surface area contributed by atoms with Crippen LogP contribution in [0.3, 0.4) is 0 Å². The fourth-order valence-electron chi connectivity index (χ4n) is 2.73. The highest BCUT2D eigenvalue weighted by Crippen LogP contribution is 2.29. The third kappa shape index (κ3) is 6.51. The molecule has 2 aromatic rings. The van der Waals surface area contributed by atoms with Gasteiger partial charge in [-0.25, -0.2) is 0 Å². The molecule has 0 aromatic heterocycles. The highest BCUT2D eigenvalue weighted by atomic mass is 19.3. The number of rotatable bonds is 8. The van der Waals surface area contributed by atoms with Crippen LogP contribution in [0.15, 0.2) is 42.5 Å². The van der Waals surface area contributed by atoms with E-state index in [1.165, 1.54) is 18.7 Å². The van der Waals surface area contributed by atoms with E-state index in [2.05, 4.69) is 55.1 Å². The van der Waals surface area contributed by atoms with E-state index in [-0.39, 0.29) is 29.4 Å². The first-order chi connectivity index (χ1) is 13.2. The standard InChI is InChI=1S/C22H27F2NO3/c1-22(2,3)17-9-5-15(6-10-17)8-12-20(26)25-14-16-7-11-18(28-21(23)24)19(13-16)27-4/h5-7,9-11,13,21H,8,12,14H2,1-4H3,(H,25,26). The molecule has 1 amide bonds. The molecule has 2 rings (SSSR count). The molecule has 2 aromatic carbocycles. The average Bonchev–Trinajstić information content (AvgIpc) is 2.64. The fourth-order valence-corrected chi connectivity index (χ4v) is 2.73. The van der Waals surface area contributed by atoms with Gasteiger partial charge in [-0.05, 0) is 40.7 Å². The molecule has 0 heterocycles. The van der Waals surface area contributed by atoms with Crippen molar-refractivity contribution < 1.29 is 23.0 Å². The number of nitrogens with one attached hydrogen (secondary N) is 1. The Morgan fingerprint density at radius 1 is 1.04 bits per heavy atom. The third-order valence-electron chi connectivity index (χ3n) is 4.39. The average molecular weight is 391 g/mol. The van der Waals surface area contributed by atoms with Gasteiger partial charge in [-0.15, -0.1) is 0 Å². The minimum atomic E-state index is -2.92. The number of hydrogen-bond acceptors (Lipinski definition) is 3. The Morgan fingerprint density at radius 3 is 2.25 bits per heavy atom. The van der Waals surface area contributed by atoms with E-state index in [1.807, 2.05) is 0 Å². The van der Waals surface area contributed by atoms with Gasteiger partial charge in [-0.2, -0.15) is 8.78 Å². The molecule has 0 spiro atoms. The first-order valence-corrected chi connectivity index (χ1v) is 9.17. The number of halogens is 2. The molecule has 28 heavy (non-hydrogen) atoms. The van der Waals surface area contributed by atoms with Crippen molar-refractivity contribution in [2.75, 3.05) is 7.11 Å². The van der Waals surface area contributed by atoms with Gasteiger partial charge in [0.2, 0.25) is 5.91 Å². The smallest absolute Gasteiger partial charge is 0.387 e. The monoisotopic (exact) mass is 391 g/mol. The van der Waals surface area contributed by atoms with E-state index in [9.17, 15) is 13.6 Å².